The maximum Gasteiger partial charge on any atom is 0.233 e. The number of nitrogens with zero attached hydrogens (tertiary/aromatic N) is 4. The maximum atomic E-state index is 13.0. The van der Waals surface area contributed by atoms with E-state index in [9.17, 15) is 9.59 Å². The topological polar surface area (TPSA) is 94.1 Å². The highest BCUT2D eigenvalue weighted by Gasteiger charge is 2.21. The van der Waals surface area contributed by atoms with Crippen molar-refractivity contribution in [1.82, 2.24) is 19.7 Å². The molecule has 158 valence electrons. The van der Waals surface area contributed by atoms with E-state index < -0.39 is 0 Å². The fraction of sp³-hybridized carbons (Fsp3) is 0.333. The first kappa shape index (κ1) is 22.0. The van der Waals surface area contributed by atoms with Crippen LogP contribution in [0.2, 0.25) is 0 Å². The molecule has 1 aromatic carbocycles. The molecule has 0 spiro atoms. The number of rotatable bonds is 10. The van der Waals surface area contributed by atoms with Crippen LogP contribution in [0.4, 0.5) is 0 Å². The van der Waals surface area contributed by atoms with Gasteiger partial charge in [0.1, 0.15) is 0 Å². The van der Waals surface area contributed by atoms with Gasteiger partial charge in [-0.1, -0.05) is 48.2 Å². The normalized spacial score (nSPS) is 11.0. The molecule has 0 saturated carbocycles. The van der Waals surface area contributed by atoms with Crippen molar-refractivity contribution in [3.05, 3.63) is 53.4 Å². The Balaban J connectivity index is 1.73. The minimum absolute atomic E-state index is 0.0287. The van der Waals surface area contributed by atoms with Crippen molar-refractivity contribution >= 4 is 34.9 Å². The van der Waals surface area contributed by atoms with E-state index in [0.29, 0.717) is 24.1 Å². The number of thiophene rings is 1. The van der Waals surface area contributed by atoms with Gasteiger partial charge in [-0.2, -0.15) is 0 Å². The van der Waals surface area contributed by atoms with Crippen molar-refractivity contribution in [2.75, 3.05) is 5.75 Å². The Labute approximate surface area is 184 Å². The number of carbonyl (C=O) groups is 2. The lowest BCUT2D eigenvalue weighted by Crippen LogP contribution is -2.37. The third kappa shape index (κ3) is 5.70. The fourth-order valence-electron chi connectivity index (χ4n) is 2.96. The van der Waals surface area contributed by atoms with Crippen molar-refractivity contribution in [1.29, 1.82) is 0 Å². The number of hydrogen-bond donors (Lipinski definition) is 1. The van der Waals surface area contributed by atoms with Crippen molar-refractivity contribution in [3.8, 4) is 10.7 Å². The maximum absolute atomic E-state index is 13.0. The second-order valence-corrected chi connectivity index (χ2v) is 8.93. The van der Waals surface area contributed by atoms with Crippen LogP contribution in [0.25, 0.3) is 10.7 Å². The van der Waals surface area contributed by atoms with Crippen LogP contribution in [-0.2, 0) is 22.7 Å². The molecule has 2 amide bonds. The molecule has 0 unspecified atom stereocenters. The molecule has 2 aromatic heterocycles. The lowest BCUT2D eigenvalue weighted by molar-refractivity contribution is -0.130. The molecule has 0 aliphatic carbocycles. The predicted octanol–water partition coefficient (Wildman–Crippen LogP) is 3.41. The van der Waals surface area contributed by atoms with Crippen LogP contribution in [0.1, 0.15) is 25.8 Å². The van der Waals surface area contributed by atoms with Crippen LogP contribution in [0.15, 0.2) is 53.0 Å². The van der Waals surface area contributed by atoms with E-state index in [1.807, 2.05) is 71.2 Å². The number of benzene rings is 1. The monoisotopic (exact) mass is 443 g/mol. The van der Waals surface area contributed by atoms with Gasteiger partial charge in [0.2, 0.25) is 11.8 Å². The molecule has 0 bridgehead atoms. The number of thioether (sulfide) groups is 1. The van der Waals surface area contributed by atoms with Crippen LogP contribution in [-0.4, -0.2) is 43.3 Å². The van der Waals surface area contributed by atoms with Gasteiger partial charge >= 0.3 is 0 Å². The number of aromatic nitrogens is 3. The van der Waals surface area contributed by atoms with Gasteiger partial charge in [0.15, 0.2) is 11.0 Å². The standard InChI is InChI=1S/C21H25N5O2S2/c1-15(2)26(13-16-7-4-3-5-8-16)19(28)14-30-21-24-23-20(17-9-6-12-29-17)25(21)11-10-18(22)27/h3-9,12,15H,10-11,13-14H2,1-2H3,(H2,22,27). The summed E-state index contributed by atoms with van der Waals surface area (Å²) in [5.74, 6) is 0.568. The molecular formula is C21H25N5O2S2. The Morgan fingerprint density at radius 1 is 1.17 bits per heavy atom. The molecule has 30 heavy (non-hydrogen) atoms. The number of carbonyl (C=O) groups excluding carboxylic acids is 2. The highest BCUT2D eigenvalue weighted by molar-refractivity contribution is 7.99. The summed E-state index contributed by atoms with van der Waals surface area (Å²) in [7, 11) is 0. The van der Waals surface area contributed by atoms with E-state index in [1.165, 1.54) is 11.8 Å². The van der Waals surface area contributed by atoms with Gasteiger partial charge in [-0.05, 0) is 30.9 Å². The smallest absolute Gasteiger partial charge is 0.233 e. The zero-order chi connectivity index (χ0) is 21.5. The Bertz CT molecular complexity index is 971. The summed E-state index contributed by atoms with van der Waals surface area (Å²) in [6, 6.07) is 13.9. The second-order valence-electron chi connectivity index (χ2n) is 7.04. The van der Waals surface area contributed by atoms with Crippen molar-refractivity contribution in [2.24, 2.45) is 5.73 Å². The number of hydrogen-bond acceptors (Lipinski definition) is 6. The highest BCUT2D eigenvalue weighted by atomic mass is 32.2. The van der Waals surface area contributed by atoms with Crippen molar-refractivity contribution < 1.29 is 9.59 Å². The minimum atomic E-state index is -0.387. The van der Waals surface area contributed by atoms with Crippen molar-refractivity contribution in [2.45, 2.75) is 44.6 Å². The minimum Gasteiger partial charge on any atom is -0.370 e. The summed E-state index contributed by atoms with van der Waals surface area (Å²) in [5.41, 5.74) is 6.43. The quantitative estimate of drug-likeness (QED) is 0.485. The number of amides is 2. The summed E-state index contributed by atoms with van der Waals surface area (Å²) < 4.78 is 1.87. The fourth-order valence-corrected chi connectivity index (χ4v) is 4.52. The summed E-state index contributed by atoms with van der Waals surface area (Å²) in [5, 5.41) is 11.1. The molecule has 3 aromatic rings. The summed E-state index contributed by atoms with van der Waals surface area (Å²) >= 11 is 2.88. The van der Waals surface area contributed by atoms with E-state index in [0.717, 1.165) is 10.4 Å². The molecule has 9 heteroatoms. The third-order valence-corrected chi connectivity index (χ3v) is 6.32. The molecule has 0 fully saturated rings. The van der Waals surface area contributed by atoms with Crippen LogP contribution in [0.5, 0.6) is 0 Å². The summed E-state index contributed by atoms with van der Waals surface area (Å²) in [6.07, 6.45) is 0.185. The van der Waals surface area contributed by atoms with E-state index >= 15 is 0 Å². The first-order chi connectivity index (χ1) is 14.5. The average Bonchev–Trinajstić information content (AvgIpc) is 3.38. The second kappa shape index (κ2) is 10.4. The SMILES string of the molecule is CC(C)N(Cc1ccccc1)C(=O)CSc1nnc(-c2cccs2)n1CCC(N)=O. The van der Waals surface area contributed by atoms with Gasteiger partial charge in [-0.25, -0.2) is 0 Å². The van der Waals surface area contributed by atoms with Crippen molar-refractivity contribution in [3.63, 3.8) is 0 Å². The van der Waals surface area contributed by atoms with Gasteiger partial charge in [-0.3, -0.25) is 9.59 Å². The molecule has 0 saturated heterocycles. The van der Waals surface area contributed by atoms with E-state index in [2.05, 4.69) is 10.2 Å². The molecule has 2 N–H and O–H groups in total. The van der Waals surface area contributed by atoms with E-state index in [1.54, 1.807) is 11.3 Å². The molecule has 2 heterocycles. The summed E-state index contributed by atoms with van der Waals surface area (Å²) in [4.78, 5) is 27.1. The number of nitrogens with two attached hydrogens (primary N) is 1. The predicted molar refractivity (Wildman–Crippen MR) is 120 cm³/mol. The van der Waals surface area contributed by atoms with Gasteiger partial charge in [-0.15, -0.1) is 21.5 Å². The Morgan fingerprint density at radius 2 is 1.93 bits per heavy atom. The molecule has 0 aliphatic rings. The highest BCUT2D eigenvalue weighted by Crippen LogP contribution is 2.28. The van der Waals surface area contributed by atoms with Crippen LogP contribution < -0.4 is 5.73 Å². The molecule has 0 radical (unpaired) electrons. The molecule has 0 atom stereocenters. The van der Waals surface area contributed by atoms with Gasteiger partial charge in [0, 0.05) is 25.6 Å². The van der Waals surface area contributed by atoms with E-state index in [-0.39, 0.29) is 30.0 Å². The zero-order valence-electron chi connectivity index (χ0n) is 17.0. The lowest BCUT2D eigenvalue weighted by atomic mass is 10.2. The Morgan fingerprint density at radius 3 is 2.57 bits per heavy atom. The molecule has 3 rings (SSSR count). The molecular weight excluding hydrogens is 418 g/mol. The Kier molecular flexibility index (Phi) is 7.64. The zero-order valence-corrected chi connectivity index (χ0v) is 18.7. The van der Waals surface area contributed by atoms with Crippen LogP contribution in [0.3, 0.4) is 0 Å². The third-order valence-electron chi connectivity index (χ3n) is 4.50. The average molecular weight is 444 g/mol. The van der Waals surface area contributed by atoms with Crippen LogP contribution >= 0.6 is 23.1 Å². The van der Waals surface area contributed by atoms with Crippen LogP contribution in [0, 0.1) is 0 Å². The number of primary amides is 1. The van der Waals surface area contributed by atoms with Gasteiger partial charge < -0.3 is 15.2 Å². The summed E-state index contributed by atoms with van der Waals surface area (Å²) in [6.45, 7) is 4.96. The van der Waals surface area contributed by atoms with E-state index in [4.69, 9.17) is 5.73 Å². The van der Waals surface area contributed by atoms with Gasteiger partial charge in [0.05, 0.1) is 10.6 Å². The van der Waals surface area contributed by atoms with Gasteiger partial charge in [0.25, 0.3) is 0 Å². The molecule has 0 aliphatic heterocycles. The first-order valence-electron chi connectivity index (χ1n) is 9.67. The lowest BCUT2D eigenvalue weighted by Gasteiger charge is -2.26. The largest absolute Gasteiger partial charge is 0.370 e. The Hall–Kier alpha value is -2.65. The molecule has 7 nitrogen and oxygen atoms in total. The first-order valence-corrected chi connectivity index (χ1v) is 11.5.